The van der Waals surface area contributed by atoms with Gasteiger partial charge in [-0.2, -0.15) is 0 Å². The van der Waals surface area contributed by atoms with Crippen LogP contribution in [0, 0.1) is 0 Å². The van der Waals surface area contributed by atoms with Crippen molar-refractivity contribution < 1.29 is 24.5 Å². The van der Waals surface area contributed by atoms with E-state index in [9.17, 15) is 19.8 Å². The van der Waals surface area contributed by atoms with Gasteiger partial charge in [-0.1, -0.05) is 199 Å². The van der Waals surface area contributed by atoms with Gasteiger partial charge in [-0.25, -0.2) is 0 Å². The molecule has 0 spiro atoms. The van der Waals surface area contributed by atoms with Gasteiger partial charge in [0.25, 0.3) is 0 Å². The number of hydrogen-bond donors (Lipinski definition) is 3. The number of carbonyl (C=O) groups is 2. The molecule has 2 unspecified atom stereocenters. The van der Waals surface area contributed by atoms with Crippen LogP contribution in [0.4, 0.5) is 0 Å². The Hall–Kier alpha value is -1.66. The maximum atomic E-state index is 12.3. The highest BCUT2D eigenvalue weighted by Crippen LogP contribution is 2.15. The van der Waals surface area contributed by atoms with Gasteiger partial charge in [0.1, 0.15) is 0 Å². The third-order valence-electron chi connectivity index (χ3n) is 10.7. The lowest BCUT2D eigenvalue weighted by Crippen LogP contribution is -2.45. The molecule has 0 radical (unpaired) electrons. The fourth-order valence-electron chi connectivity index (χ4n) is 7.04. The molecule has 0 aromatic rings. The molecular weight excluding hydrogens is 671 g/mol. The minimum Gasteiger partial charge on any atom is -0.466 e. The van der Waals surface area contributed by atoms with Crippen LogP contribution in [0.2, 0.25) is 0 Å². The van der Waals surface area contributed by atoms with E-state index in [2.05, 4.69) is 31.3 Å². The smallest absolute Gasteiger partial charge is 0.305 e. The summed E-state index contributed by atoms with van der Waals surface area (Å²) in [7, 11) is 0. The van der Waals surface area contributed by atoms with Gasteiger partial charge in [-0.15, -0.1) is 0 Å². The maximum Gasteiger partial charge on any atom is 0.305 e. The van der Waals surface area contributed by atoms with Crippen LogP contribution >= 0.6 is 0 Å². The van der Waals surface area contributed by atoms with Crippen molar-refractivity contribution in [2.75, 3.05) is 13.2 Å². The van der Waals surface area contributed by atoms with Crippen LogP contribution in [0.25, 0.3) is 0 Å². The summed E-state index contributed by atoms with van der Waals surface area (Å²) < 4.78 is 5.45. The summed E-state index contributed by atoms with van der Waals surface area (Å²) in [4.78, 5) is 24.3. The first-order chi connectivity index (χ1) is 26.5. The van der Waals surface area contributed by atoms with Crippen molar-refractivity contribution in [3.8, 4) is 0 Å². The van der Waals surface area contributed by atoms with Crippen LogP contribution in [-0.2, 0) is 14.3 Å². The van der Waals surface area contributed by atoms with Crippen molar-refractivity contribution in [3.63, 3.8) is 0 Å². The van der Waals surface area contributed by atoms with Crippen molar-refractivity contribution in [1.82, 2.24) is 5.32 Å². The Morgan fingerprint density at radius 3 is 1.33 bits per heavy atom. The van der Waals surface area contributed by atoms with Gasteiger partial charge >= 0.3 is 5.97 Å². The molecular formula is C48H91NO5. The Kier molecular flexibility index (Phi) is 42.7. The summed E-state index contributed by atoms with van der Waals surface area (Å²) in [6.07, 6.45) is 50.3. The Labute approximate surface area is 335 Å². The van der Waals surface area contributed by atoms with Crippen LogP contribution in [0.15, 0.2) is 24.3 Å². The van der Waals surface area contributed by atoms with Gasteiger partial charge in [0.05, 0.1) is 25.4 Å². The molecule has 0 saturated heterocycles. The van der Waals surface area contributed by atoms with Gasteiger partial charge in [-0.3, -0.25) is 9.59 Å². The second-order valence-corrected chi connectivity index (χ2v) is 16.1. The molecule has 318 valence electrons. The van der Waals surface area contributed by atoms with E-state index >= 15 is 0 Å². The molecule has 0 aromatic carbocycles. The lowest BCUT2D eigenvalue weighted by Gasteiger charge is -2.19. The summed E-state index contributed by atoms with van der Waals surface area (Å²) in [5.74, 6) is -0.113. The van der Waals surface area contributed by atoms with E-state index in [1.165, 1.54) is 148 Å². The minimum atomic E-state index is -0.858. The molecule has 0 aliphatic carbocycles. The van der Waals surface area contributed by atoms with Crippen LogP contribution in [-0.4, -0.2) is 47.4 Å². The fourth-order valence-corrected chi connectivity index (χ4v) is 7.04. The second-order valence-electron chi connectivity index (χ2n) is 16.1. The van der Waals surface area contributed by atoms with Crippen LogP contribution in [0.5, 0.6) is 0 Å². The number of rotatable bonds is 43. The number of hydrogen-bond acceptors (Lipinski definition) is 5. The number of aliphatic hydroxyl groups excluding tert-OH is 2. The zero-order chi connectivity index (χ0) is 39.4. The van der Waals surface area contributed by atoms with Crippen molar-refractivity contribution >= 4 is 11.9 Å². The molecule has 2 atom stereocenters. The third kappa shape index (κ3) is 40.0. The van der Waals surface area contributed by atoms with Crippen LogP contribution in [0.3, 0.4) is 0 Å². The number of esters is 1. The molecule has 6 nitrogen and oxygen atoms in total. The molecule has 1 amide bonds. The van der Waals surface area contributed by atoms with E-state index in [0.29, 0.717) is 19.4 Å². The molecule has 0 aromatic heterocycles. The zero-order valence-corrected chi connectivity index (χ0v) is 36.0. The lowest BCUT2D eigenvalue weighted by molar-refractivity contribution is -0.143. The molecule has 0 saturated carbocycles. The van der Waals surface area contributed by atoms with E-state index in [1.54, 1.807) is 6.08 Å². The number of unbranched alkanes of at least 4 members (excludes halogenated alkanes) is 30. The molecule has 0 aliphatic heterocycles. The number of amides is 1. The number of carbonyl (C=O) groups excluding carboxylic acids is 2. The van der Waals surface area contributed by atoms with E-state index in [-0.39, 0.29) is 18.5 Å². The number of ether oxygens (including phenoxy) is 1. The molecule has 0 rings (SSSR count). The summed E-state index contributed by atoms with van der Waals surface area (Å²) in [5.41, 5.74) is 0. The van der Waals surface area contributed by atoms with Gasteiger partial charge in [0, 0.05) is 12.8 Å². The minimum absolute atomic E-state index is 0.0127. The molecule has 0 heterocycles. The summed E-state index contributed by atoms with van der Waals surface area (Å²) in [5, 5.41) is 22.9. The van der Waals surface area contributed by atoms with Crippen molar-refractivity contribution in [3.05, 3.63) is 24.3 Å². The molecule has 3 N–H and O–H groups in total. The molecule has 6 heteroatoms. The Bertz CT molecular complexity index is 843. The predicted octanol–water partition coefficient (Wildman–Crippen LogP) is 13.6. The standard InChI is InChI=1S/C48H91NO5/c1-3-5-7-9-11-13-15-16-19-22-26-30-34-38-42-48(53)54-43-39-35-31-27-23-20-17-18-21-25-29-33-37-41-47(52)49-45(44-50)46(51)40-36-32-28-24-14-12-10-8-6-4-2/h18,21,36,40,45-46,50-51H,3-17,19-20,22-35,37-39,41-44H2,1-2H3,(H,49,52)/b21-18-,40-36+. The van der Waals surface area contributed by atoms with Crippen molar-refractivity contribution in [2.45, 2.75) is 257 Å². The van der Waals surface area contributed by atoms with Crippen LogP contribution < -0.4 is 5.32 Å². The van der Waals surface area contributed by atoms with E-state index in [0.717, 1.165) is 70.6 Å². The maximum absolute atomic E-state index is 12.3. The monoisotopic (exact) mass is 762 g/mol. The summed E-state index contributed by atoms with van der Waals surface area (Å²) in [6, 6.07) is -0.645. The van der Waals surface area contributed by atoms with E-state index in [4.69, 9.17) is 4.74 Å². The number of nitrogens with one attached hydrogen (secondary N) is 1. The van der Waals surface area contributed by atoms with Crippen molar-refractivity contribution in [2.24, 2.45) is 0 Å². The first-order valence-corrected chi connectivity index (χ1v) is 23.6. The highest BCUT2D eigenvalue weighted by atomic mass is 16.5. The van der Waals surface area contributed by atoms with Gasteiger partial charge in [0.2, 0.25) is 5.91 Å². The Morgan fingerprint density at radius 2 is 0.870 bits per heavy atom. The largest absolute Gasteiger partial charge is 0.466 e. The topological polar surface area (TPSA) is 95.9 Å². The molecule has 0 bridgehead atoms. The number of aliphatic hydroxyl groups is 2. The quantitative estimate of drug-likeness (QED) is 0.0327. The first-order valence-electron chi connectivity index (χ1n) is 23.6. The zero-order valence-electron chi connectivity index (χ0n) is 36.0. The highest BCUT2D eigenvalue weighted by Gasteiger charge is 2.18. The average molecular weight is 762 g/mol. The van der Waals surface area contributed by atoms with Gasteiger partial charge in [0.15, 0.2) is 0 Å². The van der Waals surface area contributed by atoms with Gasteiger partial charge in [-0.05, 0) is 57.8 Å². The van der Waals surface area contributed by atoms with Gasteiger partial charge < -0.3 is 20.3 Å². The Balaban J connectivity index is 3.51. The average Bonchev–Trinajstić information content (AvgIpc) is 3.17. The van der Waals surface area contributed by atoms with E-state index < -0.39 is 12.1 Å². The fraction of sp³-hybridized carbons (Fsp3) is 0.875. The molecule has 0 aliphatic rings. The SMILES string of the molecule is CCCCCCCCCC/C=C/C(O)C(CO)NC(=O)CCCCC/C=C\CCCCCCCCOC(=O)CCCCCCCCCCCCCCCC. The van der Waals surface area contributed by atoms with E-state index in [1.807, 2.05) is 6.08 Å². The first kappa shape index (κ1) is 52.3. The normalized spacial score (nSPS) is 12.9. The van der Waals surface area contributed by atoms with Crippen molar-refractivity contribution in [1.29, 1.82) is 0 Å². The lowest BCUT2D eigenvalue weighted by atomic mass is 10.0. The Morgan fingerprint density at radius 1 is 0.500 bits per heavy atom. The second kappa shape index (κ2) is 44.1. The predicted molar refractivity (Wildman–Crippen MR) is 232 cm³/mol. The highest BCUT2D eigenvalue weighted by molar-refractivity contribution is 5.76. The molecule has 0 fully saturated rings. The van der Waals surface area contributed by atoms with Crippen LogP contribution in [0.1, 0.15) is 245 Å². The summed E-state index contributed by atoms with van der Waals surface area (Å²) >= 11 is 0. The number of allylic oxidation sites excluding steroid dienone is 3. The summed E-state index contributed by atoms with van der Waals surface area (Å²) in [6.45, 7) is 4.83. The third-order valence-corrected chi connectivity index (χ3v) is 10.7. The molecule has 54 heavy (non-hydrogen) atoms.